The van der Waals surface area contributed by atoms with Gasteiger partial charge in [-0.3, -0.25) is 14.8 Å². The fourth-order valence-electron chi connectivity index (χ4n) is 3.33. The van der Waals surface area contributed by atoms with Crippen molar-refractivity contribution in [2.45, 2.75) is 13.3 Å². The number of nitrogens with zero attached hydrogens (tertiary/aromatic N) is 5. The van der Waals surface area contributed by atoms with E-state index < -0.39 is 0 Å². The van der Waals surface area contributed by atoms with Gasteiger partial charge in [-0.25, -0.2) is 4.98 Å². The van der Waals surface area contributed by atoms with Gasteiger partial charge in [0.1, 0.15) is 5.82 Å². The Bertz CT molecular complexity index is 993. The number of fused-ring (bicyclic) bond motifs is 1. The zero-order chi connectivity index (χ0) is 18.8. The molecule has 0 spiro atoms. The molecule has 0 radical (unpaired) electrons. The first-order valence-corrected chi connectivity index (χ1v) is 9.36. The van der Waals surface area contributed by atoms with Crippen molar-refractivity contribution in [1.82, 2.24) is 19.9 Å². The van der Waals surface area contributed by atoms with Crippen molar-refractivity contribution < 1.29 is 4.79 Å². The highest BCUT2D eigenvalue weighted by Crippen LogP contribution is 2.20. The molecule has 27 heavy (non-hydrogen) atoms. The molecule has 1 saturated heterocycles. The second-order valence-corrected chi connectivity index (χ2v) is 7.18. The van der Waals surface area contributed by atoms with E-state index in [1.807, 2.05) is 36.1 Å². The average Bonchev–Trinajstić information content (AvgIpc) is 2.93. The van der Waals surface area contributed by atoms with Gasteiger partial charge >= 0.3 is 0 Å². The maximum Gasteiger partial charge on any atom is 0.255 e. The zero-order valence-electron chi connectivity index (χ0n) is 15.1. The fraction of sp³-hybridized carbons (Fsp3) is 0.300. The largest absolute Gasteiger partial charge is 0.353 e. The van der Waals surface area contributed by atoms with Gasteiger partial charge in [0.05, 0.1) is 22.8 Å². The molecule has 138 valence electrons. The maximum absolute atomic E-state index is 12.8. The molecule has 6 nitrogen and oxygen atoms in total. The number of benzene rings is 1. The number of aromatic nitrogens is 3. The van der Waals surface area contributed by atoms with Crippen LogP contribution in [0.25, 0.3) is 11.0 Å². The Morgan fingerprint density at radius 1 is 1.04 bits per heavy atom. The van der Waals surface area contributed by atoms with Gasteiger partial charge in [0.15, 0.2) is 0 Å². The van der Waals surface area contributed by atoms with Crippen LogP contribution in [-0.2, 0) is 0 Å². The highest BCUT2D eigenvalue weighted by Gasteiger charge is 2.21. The monoisotopic (exact) mass is 381 g/mol. The van der Waals surface area contributed by atoms with Crippen LogP contribution in [0.1, 0.15) is 22.3 Å². The summed E-state index contributed by atoms with van der Waals surface area (Å²) in [4.78, 5) is 30.2. The summed E-state index contributed by atoms with van der Waals surface area (Å²) in [6.07, 6.45) is 6.05. The molecule has 1 aliphatic rings. The average molecular weight is 382 g/mol. The van der Waals surface area contributed by atoms with Crippen molar-refractivity contribution in [3.63, 3.8) is 0 Å². The highest BCUT2D eigenvalue weighted by molar-refractivity contribution is 6.31. The number of rotatable bonds is 2. The van der Waals surface area contributed by atoms with E-state index in [1.54, 1.807) is 18.6 Å². The molecule has 1 aliphatic heterocycles. The lowest BCUT2D eigenvalue weighted by Crippen LogP contribution is -2.35. The van der Waals surface area contributed by atoms with E-state index in [9.17, 15) is 4.79 Å². The van der Waals surface area contributed by atoms with Gasteiger partial charge in [-0.15, -0.1) is 0 Å². The van der Waals surface area contributed by atoms with Crippen LogP contribution in [0.3, 0.4) is 0 Å². The minimum atomic E-state index is 0.0345. The molecular weight excluding hydrogens is 362 g/mol. The summed E-state index contributed by atoms with van der Waals surface area (Å²) < 4.78 is 0. The van der Waals surface area contributed by atoms with E-state index in [0.29, 0.717) is 17.1 Å². The molecule has 0 saturated carbocycles. The Morgan fingerprint density at radius 2 is 1.93 bits per heavy atom. The molecule has 1 amide bonds. The number of carbonyl (C=O) groups is 1. The highest BCUT2D eigenvalue weighted by atomic mass is 35.5. The first-order valence-electron chi connectivity index (χ1n) is 8.98. The normalized spacial score (nSPS) is 15.0. The van der Waals surface area contributed by atoms with Crippen LogP contribution >= 0.6 is 11.6 Å². The number of anilines is 1. The molecule has 0 unspecified atom stereocenters. The molecule has 0 atom stereocenters. The number of hydrogen-bond acceptors (Lipinski definition) is 5. The molecule has 0 N–H and O–H groups in total. The summed E-state index contributed by atoms with van der Waals surface area (Å²) in [7, 11) is 0. The van der Waals surface area contributed by atoms with E-state index in [4.69, 9.17) is 16.6 Å². The molecule has 1 aromatic carbocycles. The van der Waals surface area contributed by atoms with E-state index >= 15 is 0 Å². The van der Waals surface area contributed by atoms with Crippen molar-refractivity contribution in [3.05, 3.63) is 59.0 Å². The van der Waals surface area contributed by atoms with E-state index in [-0.39, 0.29) is 5.91 Å². The fourth-order valence-corrected chi connectivity index (χ4v) is 3.50. The van der Waals surface area contributed by atoms with Crippen LogP contribution < -0.4 is 4.90 Å². The molecular formula is C20H20ClN5O. The van der Waals surface area contributed by atoms with Crippen LogP contribution in [0.2, 0.25) is 5.02 Å². The van der Waals surface area contributed by atoms with E-state index in [0.717, 1.165) is 48.5 Å². The Kier molecular flexibility index (Phi) is 4.90. The van der Waals surface area contributed by atoms with Crippen LogP contribution in [-0.4, -0.2) is 51.9 Å². The number of hydrogen-bond donors (Lipinski definition) is 0. The zero-order valence-corrected chi connectivity index (χ0v) is 15.9. The van der Waals surface area contributed by atoms with Gasteiger partial charge in [0.25, 0.3) is 5.91 Å². The van der Waals surface area contributed by atoms with Crippen molar-refractivity contribution in [2.75, 3.05) is 31.1 Å². The summed E-state index contributed by atoms with van der Waals surface area (Å²) in [6.45, 7) is 4.87. The lowest BCUT2D eigenvalue weighted by Gasteiger charge is -2.23. The van der Waals surface area contributed by atoms with Gasteiger partial charge in [-0.05, 0) is 43.2 Å². The molecule has 4 rings (SSSR count). The Balaban J connectivity index is 1.50. The van der Waals surface area contributed by atoms with Crippen molar-refractivity contribution in [2.24, 2.45) is 0 Å². The van der Waals surface area contributed by atoms with Crippen LogP contribution in [0, 0.1) is 6.92 Å². The number of amides is 1. The molecule has 2 aromatic heterocycles. The standard InChI is InChI=1S/C20H20ClN5O/c1-14-9-15(12-22-11-14)20(27)26-6-2-5-25(7-8-26)19-13-23-18-10-16(21)3-4-17(18)24-19/h3-4,9-13H,2,5-8H2,1H3. The van der Waals surface area contributed by atoms with E-state index in [2.05, 4.69) is 14.9 Å². The summed E-state index contributed by atoms with van der Waals surface area (Å²) >= 11 is 6.01. The minimum absolute atomic E-state index is 0.0345. The first kappa shape index (κ1) is 17.7. The summed E-state index contributed by atoms with van der Waals surface area (Å²) in [5, 5.41) is 0.652. The Hall–Kier alpha value is -2.73. The predicted octanol–water partition coefficient (Wildman–Crippen LogP) is 3.34. The number of pyridine rings is 1. The number of aryl methyl sites for hydroxylation is 1. The second kappa shape index (κ2) is 7.48. The minimum Gasteiger partial charge on any atom is -0.353 e. The maximum atomic E-state index is 12.8. The van der Waals surface area contributed by atoms with Gasteiger partial charge < -0.3 is 9.80 Å². The second-order valence-electron chi connectivity index (χ2n) is 6.75. The van der Waals surface area contributed by atoms with Crippen LogP contribution in [0.15, 0.2) is 42.9 Å². The third-order valence-corrected chi connectivity index (χ3v) is 4.96. The molecule has 0 bridgehead atoms. The summed E-state index contributed by atoms with van der Waals surface area (Å²) in [5.41, 5.74) is 3.24. The summed E-state index contributed by atoms with van der Waals surface area (Å²) in [6, 6.07) is 7.40. The molecule has 7 heteroatoms. The Labute approximate surface area is 162 Å². The van der Waals surface area contributed by atoms with Gasteiger partial charge in [-0.2, -0.15) is 0 Å². The van der Waals surface area contributed by atoms with Crippen molar-refractivity contribution in [3.8, 4) is 0 Å². The topological polar surface area (TPSA) is 62.2 Å². The Morgan fingerprint density at radius 3 is 2.78 bits per heavy atom. The van der Waals surface area contributed by atoms with Gasteiger partial charge in [0, 0.05) is 43.6 Å². The smallest absolute Gasteiger partial charge is 0.255 e. The SMILES string of the molecule is Cc1cncc(C(=O)N2CCCN(c3cnc4cc(Cl)ccc4n3)CC2)c1. The summed E-state index contributed by atoms with van der Waals surface area (Å²) in [5.74, 6) is 0.864. The quantitative estimate of drug-likeness (QED) is 0.681. The predicted molar refractivity (Wildman–Crippen MR) is 106 cm³/mol. The molecule has 3 heterocycles. The molecule has 3 aromatic rings. The number of carbonyl (C=O) groups excluding carboxylic acids is 1. The third kappa shape index (κ3) is 3.85. The van der Waals surface area contributed by atoms with Gasteiger partial charge in [-0.1, -0.05) is 11.6 Å². The third-order valence-electron chi connectivity index (χ3n) is 4.72. The van der Waals surface area contributed by atoms with Gasteiger partial charge in [0.2, 0.25) is 0 Å². The van der Waals surface area contributed by atoms with E-state index in [1.165, 1.54) is 0 Å². The molecule has 1 fully saturated rings. The number of halogens is 1. The first-order chi connectivity index (χ1) is 13.1. The lowest BCUT2D eigenvalue weighted by atomic mass is 10.2. The van der Waals surface area contributed by atoms with Crippen molar-refractivity contribution >= 4 is 34.4 Å². The van der Waals surface area contributed by atoms with Crippen LogP contribution in [0.5, 0.6) is 0 Å². The van der Waals surface area contributed by atoms with Crippen molar-refractivity contribution in [1.29, 1.82) is 0 Å². The molecule has 0 aliphatic carbocycles. The van der Waals surface area contributed by atoms with Crippen LogP contribution in [0.4, 0.5) is 5.82 Å². The lowest BCUT2D eigenvalue weighted by molar-refractivity contribution is 0.0766.